The average molecular weight is 266 g/mol. The molecule has 106 valence electrons. The van der Waals surface area contributed by atoms with Gasteiger partial charge in [-0.25, -0.2) is 0 Å². The number of piperidine rings is 1. The highest BCUT2D eigenvalue weighted by Crippen LogP contribution is 2.21. The molecule has 1 rings (SSSR count). The summed E-state index contributed by atoms with van der Waals surface area (Å²) in [5.41, 5.74) is 0. The van der Waals surface area contributed by atoms with Crippen LogP contribution < -0.4 is 5.32 Å². The molecular formula is C12H21F3N2O. The average Bonchev–Trinajstić information content (AvgIpc) is 2.27. The van der Waals surface area contributed by atoms with E-state index in [1.807, 2.05) is 6.92 Å². The van der Waals surface area contributed by atoms with E-state index in [-0.39, 0.29) is 19.0 Å². The van der Waals surface area contributed by atoms with Crippen LogP contribution in [0.3, 0.4) is 0 Å². The van der Waals surface area contributed by atoms with Gasteiger partial charge in [0, 0.05) is 19.0 Å². The van der Waals surface area contributed by atoms with Crippen LogP contribution in [0.15, 0.2) is 0 Å². The number of hydrogen-bond donors (Lipinski definition) is 1. The highest BCUT2D eigenvalue weighted by molar-refractivity contribution is 5.76. The Bertz CT molecular complexity index is 281. The number of carbonyl (C=O) groups is 1. The van der Waals surface area contributed by atoms with Crippen molar-refractivity contribution in [3.05, 3.63) is 0 Å². The Morgan fingerprint density at radius 3 is 2.61 bits per heavy atom. The fraction of sp³-hybridized carbons (Fsp3) is 0.917. The van der Waals surface area contributed by atoms with Gasteiger partial charge in [0.05, 0.1) is 0 Å². The quantitative estimate of drug-likeness (QED) is 0.846. The predicted octanol–water partition coefficient (Wildman–Crippen LogP) is 2.18. The van der Waals surface area contributed by atoms with E-state index in [2.05, 4.69) is 5.32 Å². The molecule has 0 aromatic heterocycles. The Morgan fingerprint density at radius 2 is 2.11 bits per heavy atom. The number of hydrogen-bond acceptors (Lipinski definition) is 2. The van der Waals surface area contributed by atoms with Gasteiger partial charge in [0.25, 0.3) is 0 Å². The maximum atomic E-state index is 12.3. The van der Waals surface area contributed by atoms with Crippen LogP contribution in [0.2, 0.25) is 0 Å². The van der Waals surface area contributed by atoms with Crippen molar-refractivity contribution in [1.29, 1.82) is 0 Å². The normalized spacial score (nSPS) is 24.9. The van der Waals surface area contributed by atoms with E-state index >= 15 is 0 Å². The van der Waals surface area contributed by atoms with Gasteiger partial charge in [0.2, 0.25) is 5.91 Å². The van der Waals surface area contributed by atoms with Crippen LogP contribution in [-0.2, 0) is 4.79 Å². The van der Waals surface area contributed by atoms with Gasteiger partial charge in [-0.1, -0.05) is 6.92 Å². The lowest BCUT2D eigenvalue weighted by Crippen LogP contribution is -2.46. The van der Waals surface area contributed by atoms with Gasteiger partial charge in [-0.2, -0.15) is 13.2 Å². The van der Waals surface area contributed by atoms with Gasteiger partial charge in [-0.3, -0.25) is 4.79 Å². The summed E-state index contributed by atoms with van der Waals surface area (Å²) < 4.78 is 36.9. The van der Waals surface area contributed by atoms with E-state index in [4.69, 9.17) is 0 Å². The Balaban J connectivity index is 2.51. The molecule has 2 atom stereocenters. The lowest BCUT2D eigenvalue weighted by atomic mass is 9.90. The molecular weight excluding hydrogens is 245 g/mol. The molecule has 1 aliphatic heterocycles. The molecule has 0 bridgehead atoms. The molecule has 0 saturated carbocycles. The third kappa shape index (κ3) is 4.84. The molecule has 0 aliphatic carbocycles. The maximum absolute atomic E-state index is 12.3. The lowest BCUT2D eigenvalue weighted by molar-refractivity contribution is -0.161. The summed E-state index contributed by atoms with van der Waals surface area (Å²) in [7, 11) is 0. The third-order valence-corrected chi connectivity index (χ3v) is 3.43. The molecule has 1 N–H and O–H groups in total. The first-order valence-electron chi connectivity index (χ1n) is 6.41. The van der Waals surface area contributed by atoms with E-state index in [9.17, 15) is 18.0 Å². The zero-order valence-corrected chi connectivity index (χ0v) is 10.9. The van der Waals surface area contributed by atoms with E-state index in [1.54, 1.807) is 6.92 Å². The Hall–Kier alpha value is -0.780. The minimum Gasteiger partial charge on any atom is -0.334 e. The Kier molecular flexibility index (Phi) is 5.44. The first-order chi connectivity index (χ1) is 8.33. The van der Waals surface area contributed by atoms with Crippen LogP contribution in [0.25, 0.3) is 0 Å². The van der Waals surface area contributed by atoms with Crippen molar-refractivity contribution < 1.29 is 18.0 Å². The minimum atomic E-state index is -4.32. The first kappa shape index (κ1) is 15.3. The fourth-order valence-corrected chi connectivity index (χ4v) is 2.30. The van der Waals surface area contributed by atoms with Gasteiger partial charge >= 0.3 is 6.18 Å². The number of amides is 1. The smallest absolute Gasteiger partial charge is 0.334 e. The molecule has 1 aliphatic rings. The second-order valence-electron chi connectivity index (χ2n) is 4.91. The first-order valence-corrected chi connectivity index (χ1v) is 6.41. The molecule has 1 amide bonds. The van der Waals surface area contributed by atoms with Crippen molar-refractivity contribution in [1.82, 2.24) is 10.2 Å². The highest BCUT2D eigenvalue weighted by atomic mass is 19.4. The molecule has 0 spiro atoms. The van der Waals surface area contributed by atoms with Crippen molar-refractivity contribution >= 4 is 5.91 Å². The van der Waals surface area contributed by atoms with Crippen molar-refractivity contribution in [2.24, 2.45) is 5.92 Å². The molecule has 0 aromatic carbocycles. The zero-order valence-electron chi connectivity index (χ0n) is 10.9. The Labute approximate surface area is 106 Å². The van der Waals surface area contributed by atoms with Crippen LogP contribution in [0.5, 0.6) is 0 Å². The van der Waals surface area contributed by atoms with Gasteiger partial charge in [0.15, 0.2) is 0 Å². The van der Waals surface area contributed by atoms with Crippen LogP contribution >= 0.6 is 0 Å². The van der Waals surface area contributed by atoms with Crippen LogP contribution in [0.1, 0.15) is 33.1 Å². The van der Waals surface area contributed by atoms with Crippen LogP contribution in [0.4, 0.5) is 13.2 Å². The molecule has 6 heteroatoms. The third-order valence-electron chi connectivity index (χ3n) is 3.43. The summed E-state index contributed by atoms with van der Waals surface area (Å²) in [6, 6.07) is 0.00790. The number of nitrogens with zero attached hydrogens (tertiary/aromatic N) is 1. The van der Waals surface area contributed by atoms with Crippen molar-refractivity contribution in [2.45, 2.75) is 45.3 Å². The van der Waals surface area contributed by atoms with E-state index < -0.39 is 18.6 Å². The summed E-state index contributed by atoms with van der Waals surface area (Å²) in [5.74, 6) is -0.0756. The second-order valence-corrected chi connectivity index (χ2v) is 4.91. The van der Waals surface area contributed by atoms with E-state index in [0.29, 0.717) is 5.92 Å². The van der Waals surface area contributed by atoms with Gasteiger partial charge in [-0.05, 0) is 32.2 Å². The number of carbonyl (C=O) groups excluding carboxylic acids is 1. The highest BCUT2D eigenvalue weighted by Gasteiger charge is 2.33. The summed E-state index contributed by atoms with van der Waals surface area (Å²) in [5, 5.41) is 3.21. The van der Waals surface area contributed by atoms with Gasteiger partial charge in [0.1, 0.15) is 6.54 Å². The maximum Gasteiger partial charge on any atom is 0.406 e. The lowest BCUT2D eigenvalue weighted by Gasteiger charge is -2.31. The molecule has 0 aromatic rings. The minimum absolute atomic E-state index is 0.00790. The SMILES string of the molecule is CCN(CC(F)(F)F)C(=O)CC1NCCCC1C. The van der Waals surface area contributed by atoms with E-state index in [0.717, 1.165) is 24.3 Å². The van der Waals surface area contributed by atoms with Gasteiger partial charge in [-0.15, -0.1) is 0 Å². The van der Waals surface area contributed by atoms with Gasteiger partial charge < -0.3 is 10.2 Å². The molecule has 18 heavy (non-hydrogen) atoms. The molecule has 3 nitrogen and oxygen atoms in total. The molecule has 1 saturated heterocycles. The number of nitrogens with one attached hydrogen (secondary N) is 1. The molecule has 2 unspecified atom stereocenters. The fourth-order valence-electron chi connectivity index (χ4n) is 2.30. The summed E-state index contributed by atoms with van der Waals surface area (Å²) in [6.45, 7) is 3.39. The topological polar surface area (TPSA) is 32.3 Å². The predicted molar refractivity (Wildman–Crippen MR) is 63.1 cm³/mol. The summed E-state index contributed by atoms with van der Waals surface area (Å²) >= 11 is 0. The summed E-state index contributed by atoms with van der Waals surface area (Å²) in [4.78, 5) is 12.7. The molecule has 1 heterocycles. The standard InChI is InChI=1S/C12H21F3N2O/c1-3-17(8-12(13,14)15)11(18)7-10-9(2)5-4-6-16-10/h9-10,16H,3-8H2,1-2H3. The number of rotatable bonds is 4. The molecule has 1 fully saturated rings. The second kappa shape index (κ2) is 6.41. The van der Waals surface area contributed by atoms with Crippen molar-refractivity contribution in [2.75, 3.05) is 19.6 Å². The van der Waals surface area contributed by atoms with Crippen LogP contribution in [0, 0.1) is 5.92 Å². The summed E-state index contributed by atoms with van der Waals surface area (Å²) in [6.07, 6.45) is -2.08. The monoisotopic (exact) mass is 266 g/mol. The zero-order chi connectivity index (χ0) is 13.8. The van der Waals surface area contributed by atoms with Crippen LogP contribution in [-0.4, -0.2) is 42.7 Å². The molecule has 0 radical (unpaired) electrons. The van der Waals surface area contributed by atoms with Crippen molar-refractivity contribution in [3.8, 4) is 0 Å². The van der Waals surface area contributed by atoms with E-state index in [1.165, 1.54) is 0 Å². The largest absolute Gasteiger partial charge is 0.406 e. The number of alkyl halides is 3. The number of halogens is 3. The Morgan fingerprint density at radius 1 is 1.44 bits per heavy atom. The van der Waals surface area contributed by atoms with Crippen molar-refractivity contribution in [3.63, 3.8) is 0 Å².